The van der Waals surface area contributed by atoms with Crippen LogP contribution < -0.4 is 10.1 Å². The van der Waals surface area contributed by atoms with Gasteiger partial charge in [-0.1, -0.05) is 0 Å². The third-order valence-electron chi connectivity index (χ3n) is 5.37. The fourth-order valence-corrected chi connectivity index (χ4v) is 3.56. The van der Waals surface area contributed by atoms with Gasteiger partial charge in [-0.25, -0.2) is 14.4 Å². The average Bonchev–Trinajstić information content (AvgIpc) is 3.47. The number of nitrogens with one attached hydrogen (secondary N) is 1. The molecule has 32 heavy (non-hydrogen) atoms. The highest BCUT2D eigenvalue weighted by atomic mass is 19.1. The molecule has 3 aromatic heterocycles. The number of fused-ring (bicyclic) bond motifs is 1. The molecule has 5 rings (SSSR count). The number of nitrogens with zero attached hydrogens (tertiary/aromatic N) is 4. The van der Waals surface area contributed by atoms with Crippen LogP contribution in [0.3, 0.4) is 0 Å². The van der Waals surface area contributed by atoms with E-state index in [9.17, 15) is 9.18 Å². The summed E-state index contributed by atoms with van der Waals surface area (Å²) < 4.78 is 20.6. The van der Waals surface area contributed by atoms with E-state index in [1.54, 1.807) is 29.2 Å². The van der Waals surface area contributed by atoms with Gasteiger partial charge < -0.3 is 10.1 Å². The molecule has 1 aliphatic rings. The smallest absolute Gasteiger partial charge is 0.225 e. The van der Waals surface area contributed by atoms with Crippen molar-refractivity contribution in [3.05, 3.63) is 71.9 Å². The minimum atomic E-state index is -0.315. The molecule has 1 fully saturated rings. The number of rotatable bonds is 7. The van der Waals surface area contributed by atoms with Crippen molar-refractivity contribution < 1.29 is 13.9 Å². The van der Waals surface area contributed by atoms with Gasteiger partial charge in [-0.3, -0.25) is 9.48 Å². The molecule has 0 aliphatic heterocycles. The maximum atomic E-state index is 13.1. The Morgan fingerprint density at radius 1 is 1.22 bits per heavy atom. The molecule has 0 unspecified atom stereocenters. The van der Waals surface area contributed by atoms with Crippen molar-refractivity contribution in [3.63, 3.8) is 0 Å². The fourth-order valence-electron chi connectivity index (χ4n) is 3.56. The van der Waals surface area contributed by atoms with Crippen LogP contribution in [0.4, 0.5) is 10.2 Å². The molecule has 8 heteroatoms. The normalized spacial score (nSPS) is 13.3. The molecule has 0 radical (unpaired) electrons. The second-order valence-electron chi connectivity index (χ2n) is 8.14. The van der Waals surface area contributed by atoms with E-state index in [1.807, 2.05) is 25.3 Å². The largest absolute Gasteiger partial charge is 0.439 e. The van der Waals surface area contributed by atoms with E-state index in [-0.39, 0.29) is 11.7 Å². The molecular formula is C24H22FN5O2. The summed E-state index contributed by atoms with van der Waals surface area (Å²) in [6.45, 7) is 2.42. The predicted octanol–water partition coefficient (Wildman–Crippen LogP) is 4.85. The molecule has 1 aromatic carbocycles. The van der Waals surface area contributed by atoms with Crippen molar-refractivity contribution in [1.29, 1.82) is 0 Å². The van der Waals surface area contributed by atoms with Crippen LogP contribution in [-0.4, -0.2) is 25.7 Å². The molecule has 1 N–H and O–H groups in total. The Labute approximate surface area is 184 Å². The van der Waals surface area contributed by atoms with Gasteiger partial charge in [0, 0.05) is 30.6 Å². The van der Waals surface area contributed by atoms with E-state index in [4.69, 9.17) is 4.74 Å². The zero-order valence-electron chi connectivity index (χ0n) is 17.6. The lowest BCUT2D eigenvalue weighted by molar-refractivity contribution is -0.116. The summed E-state index contributed by atoms with van der Waals surface area (Å²) in [6, 6.07) is 9.63. The summed E-state index contributed by atoms with van der Waals surface area (Å²) >= 11 is 0. The molecule has 0 bridgehead atoms. The molecule has 0 atom stereocenters. The molecule has 7 nitrogen and oxygen atoms in total. The minimum Gasteiger partial charge on any atom is -0.439 e. The summed E-state index contributed by atoms with van der Waals surface area (Å²) in [6.07, 6.45) is 8.07. The molecule has 0 saturated heterocycles. The van der Waals surface area contributed by atoms with Crippen LogP contribution in [0.25, 0.3) is 10.9 Å². The van der Waals surface area contributed by atoms with Gasteiger partial charge in [0.05, 0.1) is 17.4 Å². The molecule has 1 amide bonds. The molecule has 4 aromatic rings. The molecule has 1 aliphatic carbocycles. The third kappa shape index (κ3) is 4.59. The number of aromatic nitrogens is 4. The van der Waals surface area contributed by atoms with Gasteiger partial charge in [0.25, 0.3) is 0 Å². The summed E-state index contributed by atoms with van der Waals surface area (Å²) in [5, 5.41) is 8.33. The van der Waals surface area contributed by atoms with Crippen LogP contribution in [0.5, 0.6) is 11.6 Å². The molecule has 0 spiro atoms. The number of ether oxygens (including phenoxy) is 1. The number of anilines is 1. The van der Waals surface area contributed by atoms with Crippen molar-refractivity contribution >= 4 is 22.6 Å². The fraction of sp³-hybridized carbons (Fsp3) is 0.250. The lowest BCUT2D eigenvalue weighted by Gasteiger charge is -2.09. The minimum absolute atomic E-state index is 0.00295. The number of benzene rings is 1. The first kappa shape index (κ1) is 20.1. The number of carbonyl (C=O) groups excluding carboxylic acids is 1. The highest BCUT2D eigenvalue weighted by molar-refractivity contribution is 5.99. The van der Waals surface area contributed by atoms with E-state index >= 15 is 0 Å². The summed E-state index contributed by atoms with van der Waals surface area (Å²) in [4.78, 5) is 20.9. The predicted molar refractivity (Wildman–Crippen MR) is 118 cm³/mol. The van der Waals surface area contributed by atoms with Gasteiger partial charge in [-0.2, -0.15) is 5.10 Å². The van der Waals surface area contributed by atoms with Gasteiger partial charge in [0.2, 0.25) is 11.8 Å². The van der Waals surface area contributed by atoms with Crippen LogP contribution in [0.1, 0.15) is 30.4 Å². The maximum Gasteiger partial charge on any atom is 0.225 e. The quantitative estimate of drug-likeness (QED) is 0.452. The van der Waals surface area contributed by atoms with Gasteiger partial charge in [0.1, 0.15) is 17.4 Å². The Kier molecular flexibility index (Phi) is 5.26. The van der Waals surface area contributed by atoms with Crippen molar-refractivity contribution in [2.24, 2.45) is 5.92 Å². The van der Waals surface area contributed by atoms with Crippen LogP contribution in [0.15, 0.2) is 55.0 Å². The van der Waals surface area contributed by atoms with Gasteiger partial charge in [-0.15, -0.1) is 0 Å². The monoisotopic (exact) mass is 431 g/mol. The Bertz CT molecular complexity index is 1280. The van der Waals surface area contributed by atoms with Crippen LogP contribution in [-0.2, 0) is 11.3 Å². The number of hydrogen-bond donors (Lipinski definition) is 1. The Morgan fingerprint density at radius 2 is 2.03 bits per heavy atom. The summed E-state index contributed by atoms with van der Waals surface area (Å²) in [5.74, 6) is 1.73. The second-order valence-corrected chi connectivity index (χ2v) is 8.14. The van der Waals surface area contributed by atoms with E-state index in [0.29, 0.717) is 36.3 Å². The Morgan fingerprint density at radius 3 is 2.78 bits per heavy atom. The van der Waals surface area contributed by atoms with E-state index < -0.39 is 0 Å². The molecular weight excluding hydrogens is 409 g/mol. The van der Waals surface area contributed by atoms with Crippen LogP contribution in [0.2, 0.25) is 0 Å². The highest BCUT2D eigenvalue weighted by Gasteiger charge is 2.24. The standard InChI is InChI=1S/C24H22FN5O2/c1-15-10-17(12-27-24(15)32-19-6-4-18(25)5-7-19)13-30-14-20-21(29-30)8-9-26-23(20)28-22(31)11-16-2-3-16/h4-10,12,14,16H,2-3,11,13H2,1H3,(H,26,28,31). The molecule has 162 valence electrons. The number of halogens is 1. The van der Waals surface area contributed by atoms with Crippen LogP contribution in [0, 0.1) is 18.7 Å². The number of aryl methyl sites for hydroxylation is 1. The lowest BCUT2D eigenvalue weighted by Crippen LogP contribution is -2.13. The van der Waals surface area contributed by atoms with Gasteiger partial charge >= 0.3 is 0 Å². The van der Waals surface area contributed by atoms with Crippen molar-refractivity contribution in [3.8, 4) is 11.6 Å². The lowest BCUT2D eigenvalue weighted by atomic mass is 10.2. The summed E-state index contributed by atoms with van der Waals surface area (Å²) in [7, 11) is 0. The Hall–Kier alpha value is -3.81. The number of amides is 1. The number of pyridine rings is 2. The zero-order chi connectivity index (χ0) is 22.1. The zero-order valence-corrected chi connectivity index (χ0v) is 17.6. The first-order valence-electron chi connectivity index (χ1n) is 10.5. The van der Waals surface area contributed by atoms with E-state index in [2.05, 4.69) is 20.4 Å². The average molecular weight is 431 g/mol. The van der Waals surface area contributed by atoms with Gasteiger partial charge in [-0.05, 0) is 67.6 Å². The van der Waals surface area contributed by atoms with Crippen molar-refractivity contribution in [2.45, 2.75) is 32.7 Å². The molecule has 3 heterocycles. The first-order chi connectivity index (χ1) is 15.5. The number of hydrogen-bond acceptors (Lipinski definition) is 5. The van der Waals surface area contributed by atoms with Gasteiger partial charge in [0.15, 0.2) is 0 Å². The topological polar surface area (TPSA) is 81.9 Å². The molecule has 1 saturated carbocycles. The number of carbonyl (C=O) groups is 1. The summed E-state index contributed by atoms with van der Waals surface area (Å²) in [5.41, 5.74) is 2.58. The third-order valence-corrected chi connectivity index (χ3v) is 5.37. The Balaban J connectivity index is 1.31. The highest BCUT2D eigenvalue weighted by Crippen LogP contribution is 2.33. The van der Waals surface area contributed by atoms with E-state index in [1.165, 1.54) is 12.1 Å². The van der Waals surface area contributed by atoms with Crippen molar-refractivity contribution in [2.75, 3.05) is 5.32 Å². The van der Waals surface area contributed by atoms with Crippen molar-refractivity contribution in [1.82, 2.24) is 19.7 Å². The van der Waals surface area contributed by atoms with Crippen LogP contribution >= 0.6 is 0 Å². The maximum absolute atomic E-state index is 13.1. The first-order valence-corrected chi connectivity index (χ1v) is 10.5. The van der Waals surface area contributed by atoms with E-state index in [0.717, 1.165) is 34.9 Å². The second kappa shape index (κ2) is 8.37. The SMILES string of the molecule is Cc1cc(Cn2cc3c(NC(=O)CC4CC4)nccc3n2)cnc1Oc1ccc(F)cc1.